The summed E-state index contributed by atoms with van der Waals surface area (Å²) in [5.41, 5.74) is 9.89. The van der Waals surface area contributed by atoms with Crippen LogP contribution in [0, 0.1) is 0 Å². The average molecular weight is 722 g/mol. The van der Waals surface area contributed by atoms with Gasteiger partial charge in [-0.3, -0.25) is 0 Å². The molecule has 0 amide bonds. The van der Waals surface area contributed by atoms with Gasteiger partial charge in [0.05, 0.1) is 11.4 Å². The molecular weight excluding hydrogens is 691 g/mol. The molecule has 0 spiro atoms. The highest BCUT2D eigenvalue weighted by molar-refractivity contribution is 7.26. The second kappa shape index (κ2) is 14.0. The van der Waals surface area contributed by atoms with Crippen molar-refractivity contribution in [3.63, 3.8) is 0 Å². The summed E-state index contributed by atoms with van der Waals surface area (Å²) in [6.45, 7) is 0. The highest BCUT2D eigenvalue weighted by Crippen LogP contribution is 2.43. The first kappa shape index (κ1) is 32.5. The van der Waals surface area contributed by atoms with Gasteiger partial charge in [-0.05, 0) is 35.4 Å². The number of aromatic nitrogens is 5. The second-order valence-electron chi connectivity index (χ2n) is 13.3. The second-order valence-corrected chi connectivity index (χ2v) is 14.3. The Morgan fingerprint density at radius 2 is 0.782 bits per heavy atom. The van der Waals surface area contributed by atoms with E-state index in [9.17, 15) is 0 Å². The normalized spacial score (nSPS) is 11.3. The Hall–Kier alpha value is -7.15. The van der Waals surface area contributed by atoms with E-state index in [0.29, 0.717) is 23.3 Å². The molecule has 3 aromatic heterocycles. The monoisotopic (exact) mass is 721 g/mol. The predicted octanol–water partition coefficient (Wildman–Crippen LogP) is 12.7. The Balaban J connectivity index is 1.16. The van der Waals surface area contributed by atoms with Crippen molar-refractivity contribution in [1.29, 1.82) is 0 Å². The summed E-state index contributed by atoms with van der Waals surface area (Å²) in [5, 5.41) is 2.21. The molecule has 5 nitrogen and oxygen atoms in total. The molecule has 0 saturated heterocycles. The minimum Gasteiger partial charge on any atom is -0.228 e. The lowest BCUT2D eigenvalue weighted by Gasteiger charge is -2.11. The molecule has 0 saturated carbocycles. The molecule has 0 radical (unpaired) electrons. The number of fused-ring (bicyclic) bond motifs is 3. The van der Waals surface area contributed by atoms with Crippen molar-refractivity contribution in [2.45, 2.75) is 0 Å². The molecule has 0 aliphatic heterocycles. The topological polar surface area (TPSA) is 64.5 Å². The number of hydrogen-bond acceptors (Lipinski definition) is 6. The van der Waals surface area contributed by atoms with Gasteiger partial charge in [0.25, 0.3) is 0 Å². The van der Waals surface area contributed by atoms with Crippen LogP contribution in [-0.2, 0) is 0 Å². The number of benzene rings is 7. The van der Waals surface area contributed by atoms with Crippen LogP contribution in [0.3, 0.4) is 0 Å². The summed E-state index contributed by atoms with van der Waals surface area (Å²) in [7, 11) is 0. The minimum absolute atomic E-state index is 0.623. The maximum absolute atomic E-state index is 5.20. The lowest BCUT2D eigenvalue weighted by atomic mass is 10.0. The van der Waals surface area contributed by atoms with E-state index in [0.717, 1.165) is 76.1 Å². The fourth-order valence-corrected chi connectivity index (χ4v) is 8.34. The van der Waals surface area contributed by atoms with Crippen molar-refractivity contribution in [3.05, 3.63) is 188 Å². The number of nitrogens with zero attached hydrogens (tertiary/aromatic N) is 5. The van der Waals surface area contributed by atoms with Gasteiger partial charge in [0.2, 0.25) is 0 Å². The Kier molecular flexibility index (Phi) is 8.28. The van der Waals surface area contributed by atoms with Crippen molar-refractivity contribution in [2.75, 3.05) is 0 Å². The Bertz CT molecular complexity index is 2910. The molecule has 0 atom stereocenters. The molecule has 258 valence electrons. The van der Waals surface area contributed by atoms with E-state index in [1.54, 1.807) is 11.3 Å². The molecule has 0 aliphatic carbocycles. The lowest BCUT2D eigenvalue weighted by Crippen LogP contribution is -2.00. The quantitative estimate of drug-likeness (QED) is 0.164. The molecule has 0 fully saturated rings. The number of thiophene rings is 1. The third kappa shape index (κ3) is 6.24. The van der Waals surface area contributed by atoms with Crippen LogP contribution in [0.5, 0.6) is 0 Å². The molecule has 10 aromatic rings. The van der Waals surface area contributed by atoms with Crippen LogP contribution in [-0.4, -0.2) is 24.9 Å². The van der Waals surface area contributed by atoms with Gasteiger partial charge in [-0.2, -0.15) is 0 Å². The molecular formula is C49H31N5S. The summed E-state index contributed by atoms with van der Waals surface area (Å²) in [5.74, 6) is 2.56. The maximum atomic E-state index is 5.20. The van der Waals surface area contributed by atoms with E-state index in [-0.39, 0.29) is 0 Å². The Morgan fingerprint density at radius 3 is 1.44 bits per heavy atom. The molecule has 10 rings (SSSR count). The zero-order valence-electron chi connectivity index (χ0n) is 29.5. The first-order valence-electron chi connectivity index (χ1n) is 18.2. The SMILES string of the molecule is c1ccc(-c2cccc(-c3nc(-c4ccccc4)nc(-c4cccc5sc6c(-c7nc(-c8ccccc8)cc(-c8ccccc8)n7)cccc6c45)n3)c2)cc1. The molecule has 0 aliphatic rings. The molecule has 6 heteroatoms. The van der Waals surface area contributed by atoms with Gasteiger partial charge in [0.1, 0.15) is 0 Å². The summed E-state index contributed by atoms with van der Waals surface area (Å²) in [6, 6.07) is 64.4. The number of hydrogen-bond donors (Lipinski definition) is 0. The van der Waals surface area contributed by atoms with Gasteiger partial charge >= 0.3 is 0 Å². The summed E-state index contributed by atoms with van der Waals surface area (Å²) in [6.07, 6.45) is 0. The first-order valence-corrected chi connectivity index (χ1v) is 19.0. The van der Waals surface area contributed by atoms with Gasteiger partial charge in [-0.15, -0.1) is 11.3 Å². The zero-order valence-corrected chi connectivity index (χ0v) is 30.4. The average Bonchev–Trinajstić information content (AvgIpc) is 3.67. The zero-order chi connectivity index (χ0) is 36.6. The highest BCUT2D eigenvalue weighted by Gasteiger charge is 2.20. The summed E-state index contributed by atoms with van der Waals surface area (Å²) < 4.78 is 2.25. The molecule has 0 unspecified atom stereocenters. The fourth-order valence-electron chi connectivity index (χ4n) is 7.10. The standard InChI is InChI=1S/C49H31N5S/c1-5-16-32(17-6-1)36-24-13-25-37(30-36)47-52-46(35-22-11-4-12-23-35)53-48(54-47)39-27-15-29-43-44(39)38-26-14-28-40(45(38)55-43)49-50-41(33-18-7-2-8-19-33)31-42(51-49)34-20-9-3-10-21-34/h1-31H. The van der Waals surface area contributed by atoms with Crippen LogP contribution in [0.15, 0.2) is 188 Å². The summed E-state index contributed by atoms with van der Waals surface area (Å²) >= 11 is 1.74. The molecule has 3 heterocycles. The van der Waals surface area contributed by atoms with Crippen LogP contribution in [0.2, 0.25) is 0 Å². The van der Waals surface area contributed by atoms with Crippen molar-refractivity contribution in [2.24, 2.45) is 0 Å². The van der Waals surface area contributed by atoms with E-state index in [1.807, 2.05) is 72.8 Å². The van der Waals surface area contributed by atoms with Crippen LogP contribution in [0.4, 0.5) is 0 Å². The van der Waals surface area contributed by atoms with E-state index >= 15 is 0 Å². The van der Waals surface area contributed by atoms with Gasteiger partial charge in [-0.1, -0.05) is 164 Å². The Labute approximate surface area is 322 Å². The predicted molar refractivity (Wildman–Crippen MR) is 226 cm³/mol. The lowest BCUT2D eigenvalue weighted by molar-refractivity contribution is 1.08. The van der Waals surface area contributed by atoms with Gasteiger partial charge < -0.3 is 0 Å². The van der Waals surface area contributed by atoms with Crippen LogP contribution in [0.25, 0.3) is 99.4 Å². The van der Waals surface area contributed by atoms with Crippen molar-refractivity contribution in [3.8, 4) is 79.2 Å². The minimum atomic E-state index is 0.623. The van der Waals surface area contributed by atoms with Crippen molar-refractivity contribution in [1.82, 2.24) is 24.9 Å². The smallest absolute Gasteiger partial charge is 0.164 e. The van der Waals surface area contributed by atoms with Gasteiger partial charge in [0, 0.05) is 53.6 Å². The van der Waals surface area contributed by atoms with Crippen molar-refractivity contribution >= 4 is 31.5 Å². The molecule has 7 aromatic carbocycles. The summed E-state index contributed by atoms with van der Waals surface area (Å²) in [4.78, 5) is 25.8. The first-order chi connectivity index (χ1) is 27.2. The molecule has 0 bridgehead atoms. The van der Waals surface area contributed by atoms with Gasteiger partial charge in [-0.25, -0.2) is 24.9 Å². The third-order valence-corrected chi connectivity index (χ3v) is 11.0. The van der Waals surface area contributed by atoms with Crippen LogP contribution in [0.1, 0.15) is 0 Å². The fraction of sp³-hybridized carbons (Fsp3) is 0. The van der Waals surface area contributed by atoms with E-state index < -0.39 is 0 Å². The largest absolute Gasteiger partial charge is 0.228 e. The molecule has 55 heavy (non-hydrogen) atoms. The van der Waals surface area contributed by atoms with Crippen molar-refractivity contribution < 1.29 is 0 Å². The van der Waals surface area contributed by atoms with Crippen LogP contribution < -0.4 is 0 Å². The van der Waals surface area contributed by atoms with E-state index in [2.05, 4.69) is 115 Å². The van der Waals surface area contributed by atoms with Crippen LogP contribution >= 0.6 is 11.3 Å². The molecule has 0 N–H and O–H groups in total. The van der Waals surface area contributed by atoms with E-state index in [4.69, 9.17) is 24.9 Å². The number of rotatable bonds is 7. The van der Waals surface area contributed by atoms with E-state index in [1.165, 1.54) is 0 Å². The maximum Gasteiger partial charge on any atom is 0.164 e. The Morgan fingerprint density at radius 1 is 0.309 bits per heavy atom. The third-order valence-electron chi connectivity index (χ3n) is 9.76. The highest BCUT2D eigenvalue weighted by atomic mass is 32.1. The van der Waals surface area contributed by atoms with Gasteiger partial charge in [0.15, 0.2) is 23.3 Å².